The van der Waals surface area contributed by atoms with E-state index < -0.39 is 0 Å². The van der Waals surface area contributed by atoms with Gasteiger partial charge in [0.25, 0.3) is 0 Å². The van der Waals surface area contributed by atoms with E-state index >= 15 is 0 Å². The van der Waals surface area contributed by atoms with Crippen molar-refractivity contribution < 1.29 is 0 Å². The summed E-state index contributed by atoms with van der Waals surface area (Å²) in [6.45, 7) is 4.71. The number of rotatable bonds is 4. The van der Waals surface area contributed by atoms with Crippen LogP contribution < -0.4 is 0 Å². The highest BCUT2D eigenvalue weighted by atomic mass is 32.1. The molecular weight excluding hydrogens is 665 g/mol. The third-order valence-electron chi connectivity index (χ3n) is 11.0. The molecule has 0 N–H and O–H groups in total. The smallest absolute Gasteiger partial charge is 0.164 e. The summed E-state index contributed by atoms with van der Waals surface area (Å²) in [6.07, 6.45) is 0. The molecule has 0 unspecified atom stereocenters. The largest absolute Gasteiger partial charge is 0.309 e. The van der Waals surface area contributed by atoms with Crippen molar-refractivity contribution in [3.8, 4) is 51.0 Å². The van der Waals surface area contributed by atoms with Crippen molar-refractivity contribution in [3.05, 3.63) is 169 Å². The fraction of sp³-hybridized carbons (Fsp3) is 0.0625. The fourth-order valence-electron chi connectivity index (χ4n) is 8.40. The molecule has 3 heterocycles. The summed E-state index contributed by atoms with van der Waals surface area (Å²) in [7, 11) is 0. The number of thiophene rings is 1. The number of nitrogens with zero attached hydrogens (tertiary/aromatic N) is 4. The minimum Gasteiger partial charge on any atom is -0.309 e. The molecule has 1 aliphatic carbocycles. The molecule has 4 nitrogen and oxygen atoms in total. The molecule has 0 radical (unpaired) electrons. The van der Waals surface area contributed by atoms with Crippen LogP contribution in [0.4, 0.5) is 0 Å². The zero-order chi connectivity index (χ0) is 35.3. The number of benzene rings is 7. The first-order valence-corrected chi connectivity index (χ1v) is 18.8. The first-order chi connectivity index (χ1) is 26.0. The van der Waals surface area contributed by atoms with Crippen LogP contribution in [0.25, 0.3) is 93.0 Å². The Labute approximate surface area is 310 Å². The minimum atomic E-state index is -0.104. The number of fused-ring (bicyclic) bond motifs is 9. The highest BCUT2D eigenvalue weighted by Crippen LogP contribution is 2.51. The van der Waals surface area contributed by atoms with E-state index in [4.69, 9.17) is 15.0 Å². The molecule has 0 bridgehead atoms. The second-order valence-electron chi connectivity index (χ2n) is 14.5. The summed E-state index contributed by atoms with van der Waals surface area (Å²) in [5, 5.41) is 5.16. The molecular formula is C48H32N4S. The lowest BCUT2D eigenvalue weighted by atomic mass is 9.82. The van der Waals surface area contributed by atoms with Crippen molar-refractivity contribution in [2.75, 3.05) is 0 Å². The first-order valence-electron chi connectivity index (χ1n) is 18.0. The Kier molecular flexibility index (Phi) is 6.43. The average Bonchev–Trinajstić information content (AvgIpc) is 3.81. The van der Waals surface area contributed by atoms with E-state index in [1.165, 1.54) is 64.2 Å². The predicted molar refractivity (Wildman–Crippen MR) is 221 cm³/mol. The van der Waals surface area contributed by atoms with Gasteiger partial charge >= 0.3 is 0 Å². The van der Waals surface area contributed by atoms with Crippen molar-refractivity contribution in [3.63, 3.8) is 0 Å². The van der Waals surface area contributed by atoms with Crippen LogP contribution in [0.3, 0.4) is 0 Å². The third kappa shape index (κ3) is 4.57. The summed E-state index contributed by atoms with van der Waals surface area (Å²) in [6, 6.07) is 56.4. The van der Waals surface area contributed by atoms with Gasteiger partial charge < -0.3 is 4.57 Å². The molecule has 5 heteroatoms. The molecule has 3 aromatic heterocycles. The zero-order valence-corrected chi connectivity index (χ0v) is 30.0. The Balaban J connectivity index is 1.13. The zero-order valence-electron chi connectivity index (χ0n) is 29.2. The van der Waals surface area contributed by atoms with Crippen molar-refractivity contribution in [1.82, 2.24) is 19.5 Å². The van der Waals surface area contributed by atoms with Crippen molar-refractivity contribution in [2.45, 2.75) is 19.3 Å². The Morgan fingerprint density at radius 2 is 1.00 bits per heavy atom. The number of hydrogen-bond donors (Lipinski definition) is 0. The molecule has 0 saturated heterocycles. The lowest BCUT2D eigenvalue weighted by Crippen LogP contribution is -2.14. The van der Waals surface area contributed by atoms with Crippen LogP contribution in [-0.2, 0) is 5.41 Å². The quantitative estimate of drug-likeness (QED) is 0.184. The summed E-state index contributed by atoms with van der Waals surface area (Å²) >= 11 is 1.87. The lowest BCUT2D eigenvalue weighted by Gasteiger charge is -2.21. The third-order valence-corrected chi connectivity index (χ3v) is 12.2. The minimum absolute atomic E-state index is 0.104. The highest BCUT2D eigenvalue weighted by Gasteiger charge is 2.36. The van der Waals surface area contributed by atoms with E-state index in [0.29, 0.717) is 17.5 Å². The fourth-order valence-corrected chi connectivity index (χ4v) is 9.52. The van der Waals surface area contributed by atoms with Gasteiger partial charge in [0.1, 0.15) is 0 Å². The average molecular weight is 697 g/mol. The monoisotopic (exact) mass is 696 g/mol. The summed E-state index contributed by atoms with van der Waals surface area (Å²) in [4.78, 5) is 14.9. The Morgan fingerprint density at radius 1 is 0.434 bits per heavy atom. The van der Waals surface area contributed by atoms with Gasteiger partial charge in [-0.2, -0.15) is 0 Å². The highest BCUT2D eigenvalue weighted by molar-refractivity contribution is 7.25. The maximum atomic E-state index is 4.99. The normalized spacial score (nSPS) is 13.2. The van der Waals surface area contributed by atoms with Crippen molar-refractivity contribution >= 4 is 53.3 Å². The molecule has 1 aliphatic rings. The molecule has 0 saturated carbocycles. The van der Waals surface area contributed by atoms with Crippen LogP contribution in [0.5, 0.6) is 0 Å². The molecule has 0 amide bonds. The van der Waals surface area contributed by atoms with Gasteiger partial charge in [0.05, 0.1) is 11.0 Å². The molecule has 0 atom stereocenters. The van der Waals surface area contributed by atoms with E-state index in [-0.39, 0.29) is 5.41 Å². The van der Waals surface area contributed by atoms with Crippen LogP contribution in [0.2, 0.25) is 0 Å². The molecule has 7 aromatic carbocycles. The van der Waals surface area contributed by atoms with E-state index in [2.05, 4.69) is 115 Å². The molecule has 0 spiro atoms. The predicted octanol–water partition coefficient (Wildman–Crippen LogP) is 12.6. The number of hydrogen-bond acceptors (Lipinski definition) is 4. The Hall–Kier alpha value is -6.43. The Bertz CT molecular complexity index is 3010. The second-order valence-corrected chi connectivity index (χ2v) is 15.6. The topological polar surface area (TPSA) is 43.6 Å². The van der Waals surface area contributed by atoms with Gasteiger partial charge in [0, 0.05) is 58.7 Å². The van der Waals surface area contributed by atoms with Crippen LogP contribution in [-0.4, -0.2) is 19.5 Å². The van der Waals surface area contributed by atoms with Gasteiger partial charge in [-0.25, -0.2) is 15.0 Å². The van der Waals surface area contributed by atoms with Gasteiger partial charge in [-0.3, -0.25) is 0 Å². The molecule has 0 aliphatic heterocycles. The summed E-state index contributed by atoms with van der Waals surface area (Å²) < 4.78 is 5.06. The molecule has 53 heavy (non-hydrogen) atoms. The van der Waals surface area contributed by atoms with Crippen LogP contribution in [0.1, 0.15) is 25.0 Å². The van der Waals surface area contributed by atoms with Crippen LogP contribution in [0, 0.1) is 0 Å². The first kappa shape index (κ1) is 30.2. The Morgan fingerprint density at radius 3 is 1.70 bits per heavy atom. The maximum Gasteiger partial charge on any atom is 0.164 e. The van der Waals surface area contributed by atoms with Gasteiger partial charge in [-0.1, -0.05) is 117 Å². The molecule has 10 aromatic rings. The van der Waals surface area contributed by atoms with Crippen molar-refractivity contribution in [2.24, 2.45) is 0 Å². The van der Waals surface area contributed by atoms with Crippen molar-refractivity contribution in [1.29, 1.82) is 0 Å². The van der Waals surface area contributed by atoms with Gasteiger partial charge in [0.15, 0.2) is 17.5 Å². The number of aromatic nitrogens is 4. The van der Waals surface area contributed by atoms with Crippen LogP contribution >= 0.6 is 11.3 Å². The standard InChI is InChI=1S/C48H32N4S/c1-48(2)39-19-11-9-17-33(39)35-25-36-37-26-38-34-18-10-12-20-43(34)53-44(38)28-42(37)52(41(36)27-40(35)48)32-23-21-31(22-24-32)47-50-45(29-13-5-3-6-14-29)49-46(51-47)30-15-7-4-8-16-30/h3-28H,1-2H3. The van der Waals surface area contributed by atoms with E-state index in [0.717, 1.165) is 22.4 Å². The summed E-state index contributed by atoms with van der Waals surface area (Å²) in [5.41, 5.74) is 11.7. The molecule has 11 rings (SSSR count). The summed E-state index contributed by atoms with van der Waals surface area (Å²) in [5.74, 6) is 1.97. The molecule has 250 valence electrons. The van der Waals surface area contributed by atoms with Gasteiger partial charge in [0.2, 0.25) is 0 Å². The maximum absolute atomic E-state index is 4.99. The van der Waals surface area contributed by atoms with Crippen LogP contribution in [0.15, 0.2) is 158 Å². The van der Waals surface area contributed by atoms with E-state index in [9.17, 15) is 0 Å². The van der Waals surface area contributed by atoms with Gasteiger partial charge in [-0.05, 0) is 76.9 Å². The van der Waals surface area contributed by atoms with E-state index in [1.807, 2.05) is 72.0 Å². The molecule has 0 fully saturated rings. The lowest BCUT2D eigenvalue weighted by molar-refractivity contribution is 0.661. The SMILES string of the molecule is CC1(C)c2ccccc2-c2cc3c4cc5c(cc4n(-c4ccc(-c6nc(-c7ccccc7)nc(-c7ccccc7)n6)cc4)c3cc21)sc1ccccc15. The van der Waals surface area contributed by atoms with E-state index in [1.54, 1.807) is 0 Å². The van der Waals surface area contributed by atoms with Gasteiger partial charge in [-0.15, -0.1) is 11.3 Å². The second kappa shape index (κ2) is 11.3.